The molecule has 1 unspecified atom stereocenters. The number of likely N-dealkylation sites (tertiary alicyclic amines) is 1. The van der Waals surface area contributed by atoms with Gasteiger partial charge in [-0.2, -0.15) is 0 Å². The number of piperidine rings is 1. The molecule has 0 aromatic heterocycles. The summed E-state index contributed by atoms with van der Waals surface area (Å²) in [6, 6.07) is 11.7. The maximum Gasteiger partial charge on any atom is 0.314 e. The second-order valence-corrected chi connectivity index (χ2v) is 9.90. The van der Waals surface area contributed by atoms with Crippen molar-refractivity contribution in [3.05, 3.63) is 59.4 Å². The number of carbonyl (C=O) groups is 2. The molecule has 6 rings (SSSR count). The van der Waals surface area contributed by atoms with Gasteiger partial charge in [0.15, 0.2) is 6.23 Å². The van der Waals surface area contributed by atoms with Gasteiger partial charge in [0.05, 0.1) is 11.1 Å². The number of hydrogen-bond donors (Lipinski definition) is 3. The SMILES string of the molecule is O=C(N1CCC2(CC1)C[C@]2(C(=O)O)c1ccc(C2Nc3ccc(F)cc3O2)cc1)C1(O)CC1. The number of ether oxygens (including phenoxy) is 1. The van der Waals surface area contributed by atoms with Crippen LogP contribution in [0.5, 0.6) is 5.75 Å². The highest BCUT2D eigenvalue weighted by molar-refractivity contribution is 5.89. The van der Waals surface area contributed by atoms with Gasteiger partial charge >= 0.3 is 5.97 Å². The van der Waals surface area contributed by atoms with Crippen LogP contribution in [0.2, 0.25) is 0 Å². The molecule has 2 aromatic rings. The summed E-state index contributed by atoms with van der Waals surface area (Å²) in [5.74, 6) is -0.973. The Morgan fingerprint density at radius 3 is 2.39 bits per heavy atom. The van der Waals surface area contributed by atoms with Crippen molar-refractivity contribution in [3.8, 4) is 5.75 Å². The number of carboxylic acids is 1. The van der Waals surface area contributed by atoms with E-state index in [2.05, 4.69) is 5.32 Å². The van der Waals surface area contributed by atoms with Gasteiger partial charge in [-0.15, -0.1) is 0 Å². The standard InChI is InChI=1S/C25H25FN2O5/c26-17-5-6-18-19(13-17)33-20(27-18)15-1-3-16(4-2-15)25(22(30)31)14-23(25)9-11-28(12-10-23)21(29)24(32)7-8-24/h1-6,13,20,27,32H,7-12,14H2,(H,30,31)/t20?,25-/m1/s1. The number of benzene rings is 2. The minimum absolute atomic E-state index is 0.215. The van der Waals surface area contributed by atoms with E-state index >= 15 is 0 Å². The minimum atomic E-state index is -1.18. The topological polar surface area (TPSA) is 99.1 Å². The average molecular weight is 452 g/mol. The van der Waals surface area contributed by atoms with Crippen molar-refractivity contribution in [3.63, 3.8) is 0 Å². The average Bonchev–Trinajstić information content (AvgIpc) is 3.66. The fourth-order valence-corrected chi connectivity index (χ4v) is 5.77. The first kappa shape index (κ1) is 20.5. The summed E-state index contributed by atoms with van der Waals surface area (Å²) >= 11 is 0. The van der Waals surface area contributed by atoms with E-state index in [9.17, 15) is 24.2 Å². The van der Waals surface area contributed by atoms with Gasteiger partial charge < -0.3 is 25.2 Å². The summed E-state index contributed by atoms with van der Waals surface area (Å²) in [6.45, 7) is 0.950. The third-order valence-corrected chi connectivity index (χ3v) is 8.06. The Morgan fingerprint density at radius 2 is 1.76 bits per heavy atom. The van der Waals surface area contributed by atoms with Crippen molar-refractivity contribution in [2.45, 2.75) is 49.3 Å². The number of nitrogens with zero attached hydrogens (tertiary/aromatic N) is 1. The van der Waals surface area contributed by atoms with Gasteiger partial charge in [0.1, 0.15) is 17.2 Å². The normalized spacial score (nSPS) is 27.9. The van der Waals surface area contributed by atoms with Crippen molar-refractivity contribution >= 4 is 17.6 Å². The van der Waals surface area contributed by atoms with E-state index in [1.54, 1.807) is 11.0 Å². The quantitative estimate of drug-likeness (QED) is 0.659. The van der Waals surface area contributed by atoms with E-state index in [1.165, 1.54) is 12.1 Å². The zero-order valence-electron chi connectivity index (χ0n) is 18.0. The molecule has 33 heavy (non-hydrogen) atoms. The molecule has 4 aliphatic rings. The summed E-state index contributed by atoms with van der Waals surface area (Å²) in [5, 5.41) is 23.6. The summed E-state index contributed by atoms with van der Waals surface area (Å²) < 4.78 is 19.3. The lowest BCUT2D eigenvalue weighted by atomic mass is 9.79. The van der Waals surface area contributed by atoms with Crippen LogP contribution in [0, 0.1) is 11.2 Å². The lowest BCUT2D eigenvalue weighted by Crippen LogP contribution is -2.47. The Balaban J connectivity index is 1.19. The van der Waals surface area contributed by atoms with Crippen LogP contribution in [-0.2, 0) is 15.0 Å². The molecule has 8 heteroatoms. The van der Waals surface area contributed by atoms with Crippen molar-refractivity contribution in [1.82, 2.24) is 4.90 Å². The lowest BCUT2D eigenvalue weighted by Gasteiger charge is -2.36. The number of amides is 1. The number of carboxylic acid groups (broad SMARTS) is 1. The molecule has 3 N–H and O–H groups in total. The highest BCUT2D eigenvalue weighted by atomic mass is 19.1. The zero-order chi connectivity index (χ0) is 23.0. The molecule has 2 aromatic carbocycles. The molecule has 172 valence electrons. The number of hydrogen-bond acceptors (Lipinski definition) is 5. The first-order valence-corrected chi connectivity index (χ1v) is 11.3. The molecule has 1 spiro atoms. The number of carbonyl (C=O) groups excluding carboxylic acids is 1. The van der Waals surface area contributed by atoms with Crippen LogP contribution in [-0.4, -0.2) is 45.7 Å². The second-order valence-electron chi connectivity index (χ2n) is 9.90. The molecular formula is C25H25FN2O5. The van der Waals surface area contributed by atoms with E-state index in [1.807, 2.05) is 24.3 Å². The zero-order valence-corrected chi connectivity index (χ0v) is 18.0. The molecule has 2 atom stereocenters. The third kappa shape index (κ3) is 2.96. The first-order chi connectivity index (χ1) is 15.8. The van der Waals surface area contributed by atoms with Crippen LogP contribution in [0.1, 0.15) is 49.5 Å². The Labute approximate surface area is 190 Å². The molecule has 1 saturated heterocycles. The number of nitrogens with one attached hydrogen (secondary N) is 1. The van der Waals surface area contributed by atoms with Crippen LogP contribution < -0.4 is 10.1 Å². The summed E-state index contributed by atoms with van der Waals surface area (Å²) in [4.78, 5) is 26.6. The van der Waals surface area contributed by atoms with E-state index in [0.29, 0.717) is 56.6 Å². The molecule has 0 bridgehead atoms. The number of halogens is 1. The van der Waals surface area contributed by atoms with Crippen LogP contribution >= 0.6 is 0 Å². The fraction of sp³-hybridized carbons (Fsp3) is 0.440. The molecule has 2 aliphatic carbocycles. The highest BCUT2D eigenvalue weighted by Gasteiger charge is 2.73. The van der Waals surface area contributed by atoms with Crippen molar-refractivity contribution < 1.29 is 28.9 Å². The van der Waals surface area contributed by atoms with Gasteiger partial charge in [0.2, 0.25) is 0 Å². The first-order valence-electron chi connectivity index (χ1n) is 11.3. The molecule has 2 saturated carbocycles. The number of aliphatic carboxylic acids is 1. The molecule has 1 amide bonds. The molecule has 0 radical (unpaired) electrons. The van der Waals surface area contributed by atoms with Crippen molar-refractivity contribution in [2.24, 2.45) is 5.41 Å². The van der Waals surface area contributed by atoms with E-state index < -0.39 is 23.2 Å². The number of aliphatic hydroxyl groups is 1. The van der Waals surface area contributed by atoms with Gasteiger partial charge in [0, 0.05) is 24.7 Å². The summed E-state index contributed by atoms with van der Waals surface area (Å²) in [5.41, 5.74) is -0.238. The van der Waals surface area contributed by atoms with E-state index in [4.69, 9.17) is 4.74 Å². The predicted molar refractivity (Wildman–Crippen MR) is 116 cm³/mol. The number of anilines is 1. The lowest BCUT2D eigenvalue weighted by molar-refractivity contribution is -0.145. The Bertz CT molecular complexity index is 1150. The van der Waals surface area contributed by atoms with Gasteiger partial charge in [-0.3, -0.25) is 9.59 Å². The fourth-order valence-electron chi connectivity index (χ4n) is 5.77. The van der Waals surface area contributed by atoms with E-state index in [-0.39, 0.29) is 17.1 Å². The van der Waals surface area contributed by atoms with Crippen molar-refractivity contribution in [1.29, 1.82) is 0 Å². The van der Waals surface area contributed by atoms with Crippen LogP contribution in [0.25, 0.3) is 0 Å². The summed E-state index contributed by atoms with van der Waals surface area (Å²) in [6.07, 6.45) is 2.32. The highest BCUT2D eigenvalue weighted by Crippen LogP contribution is 2.70. The van der Waals surface area contributed by atoms with Crippen LogP contribution in [0.4, 0.5) is 10.1 Å². The molecule has 2 aliphatic heterocycles. The Kier molecular flexibility index (Phi) is 4.15. The molecule has 3 fully saturated rings. The van der Waals surface area contributed by atoms with Gasteiger partial charge in [-0.1, -0.05) is 24.3 Å². The van der Waals surface area contributed by atoms with Crippen LogP contribution in [0.3, 0.4) is 0 Å². The maximum absolute atomic E-state index is 13.5. The second kappa shape index (κ2) is 6.70. The number of rotatable bonds is 4. The largest absolute Gasteiger partial charge is 0.481 e. The molecular weight excluding hydrogens is 427 g/mol. The monoisotopic (exact) mass is 452 g/mol. The van der Waals surface area contributed by atoms with Gasteiger partial charge in [0.25, 0.3) is 5.91 Å². The van der Waals surface area contributed by atoms with Gasteiger partial charge in [-0.05, 0) is 55.2 Å². The molecule has 7 nitrogen and oxygen atoms in total. The third-order valence-electron chi connectivity index (χ3n) is 8.06. The van der Waals surface area contributed by atoms with Gasteiger partial charge in [-0.25, -0.2) is 4.39 Å². The summed E-state index contributed by atoms with van der Waals surface area (Å²) in [7, 11) is 0. The van der Waals surface area contributed by atoms with Crippen molar-refractivity contribution in [2.75, 3.05) is 18.4 Å². The number of fused-ring (bicyclic) bond motifs is 1. The smallest absolute Gasteiger partial charge is 0.314 e. The molecule has 2 heterocycles. The minimum Gasteiger partial charge on any atom is -0.481 e. The predicted octanol–water partition coefficient (Wildman–Crippen LogP) is 3.19. The van der Waals surface area contributed by atoms with E-state index in [0.717, 1.165) is 11.1 Å². The Morgan fingerprint density at radius 1 is 1.06 bits per heavy atom. The van der Waals surface area contributed by atoms with Crippen LogP contribution in [0.15, 0.2) is 42.5 Å². The maximum atomic E-state index is 13.5. The Hall–Kier alpha value is -3.13.